The molecule has 0 aliphatic rings. The third-order valence-corrected chi connectivity index (χ3v) is 3.00. The fourth-order valence-corrected chi connectivity index (χ4v) is 1.85. The lowest BCUT2D eigenvalue weighted by Crippen LogP contribution is -2.06. The van der Waals surface area contributed by atoms with Crippen LogP contribution in [0.5, 0.6) is 0 Å². The van der Waals surface area contributed by atoms with E-state index in [2.05, 4.69) is 42.5 Å². The second kappa shape index (κ2) is 5.88. The fraction of sp³-hybridized carbons (Fsp3) is 0.538. The summed E-state index contributed by atoms with van der Waals surface area (Å²) < 4.78 is 3.66. The van der Waals surface area contributed by atoms with Crippen LogP contribution in [0.4, 0.5) is 5.69 Å². The summed E-state index contributed by atoms with van der Waals surface area (Å²) in [6, 6.07) is 0.535. The third-order valence-electron chi connectivity index (χ3n) is 3.00. The first-order chi connectivity index (χ1) is 9.10. The average Bonchev–Trinajstić information content (AvgIpc) is 2.98. The summed E-state index contributed by atoms with van der Waals surface area (Å²) in [5.41, 5.74) is 2.09. The number of nitrogens with zero attached hydrogens (tertiary/aromatic N) is 4. The van der Waals surface area contributed by atoms with Gasteiger partial charge in [0.1, 0.15) is 0 Å². The molecule has 0 fully saturated rings. The van der Waals surface area contributed by atoms with E-state index in [9.17, 15) is 0 Å². The molecule has 104 valence electrons. The molecule has 0 saturated heterocycles. The molecule has 0 aliphatic carbocycles. The molecule has 2 rings (SSSR count). The smallest absolute Gasteiger partial charge is 0.0731 e. The van der Waals surface area contributed by atoms with Crippen molar-refractivity contribution in [1.29, 1.82) is 0 Å². The van der Waals surface area contributed by atoms with E-state index in [0.717, 1.165) is 11.3 Å². The number of rotatable bonds is 6. The summed E-state index contributed by atoms with van der Waals surface area (Å²) in [5.74, 6) is 0. The molecule has 2 N–H and O–H groups in total. The van der Waals surface area contributed by atoms with E-state index in [1.807, 2.05) is 17.1 Å². The summed E-state index contributed by atoms with van der Waals surface area (Å²) in [7, 11) is 0. The molecule has 0 aliphatic heterocycles. The van der Waals surface area contributed by atoms with Crippen molar-refractivity contribution in [2.24, 2.45) is 0 Å². The van der Waals surface area contributed by atoms with Gasteiger partial charge in [0, 0.05) is 24.0 Å². The van der Waals surface area contributed by atoms with Crippen LogP contribution in [0, 0.1) is 0 Å². The molecule has 19 heavy (non-hydrogen) atoms. The van der Waals surface area contributed by atoms with E-state index in [-0.39, 0.29) is 12.6 Å². The Kier molecular flexibility index (Phi) is 4.21. The summed E-state index contributed by atoms with van der Waals surface area (Å²) in [5, 5.41) is 20.7. The van der Waals surface area contributed by atoms with Crippen molar-refractivity contribution >= 4 is 5.69 Å². The van der Waals surface area contributed by atoms with Gasteiger partial charge in [0.15, 0.2) is 0 Å². The van der Waals surface area contributed by atoms with Crippen molar-refractivity contribution in [3.63, 3.8) is 0 Å². The van der Waals surface area contributed by atoms with E-state index < -0.39 is 0 Å². The minimum Gasteiger partial charge on any atom is -0.394 e. The topological polar surface area (TPSA) is 67.9 Å². The van der Waals surface area contributed by atoms with Crippen molar-refractivity contribution in [3.05, 3.63) is 30.4 Å². The molecule has 0 saturated carbocycles. The zero-order chi connectivity index (χ0) is 13.8. The number of hydrogen-bond acceptors (Lipinski definition) is 4. The van der Waals surface area contributed by atoms with E-state index in [4.69, 9.17) is 5.11 Å². The number of aliphatic hydroxyl groups excluding tert-OH is 1. The van der Waals surface area contributed by atoms with Gasteiger partial charge in [-0.2, -0.15) is 10.2 Å². The summed E-state index contributed by atoms with van der Waals surface area (Å²) in [4.78, 5) is 0. The van der Waals surface area contributed by atoms with E-state index in [0.29, 0.717) is 12.6 Å². The highest BCUT2D eigenvalue weighted by molar-refractivity contribution is 5.40. The first-order valence-corrected chi connectivity index (χ1v) is 6.54. The molecule has 0 amide bonds. The molecule has 1 unspecified atom stereocenters. The second-order valence-electron chi connectivity index (χ2n) is 4.93. The second-order valence-corrected chi connectivity index (χ2v) is 4.93. The van der Waals surface area contributed by atoms with Crippen LogP contribution in [0.15, 0.2) is 24.8 Å². The zero-order valence-electron chi connectivity index (χ0n) is 11.6. The van der Waals surface area contributed by atoms with Crippen molar-refractivity contribution in [3.8, 4) is 0 Å². The van der Waals surface area contributed by atoms with Gasteiger partial charge in [-0.1, -0.05) is 0 Å². The number of anilines is 1. The van der Waals surface area contributed by atoms with Crippen LogP contribution in [-0.2, 0) is 6.54 Å². The summed E-state index contributed by atoms with van der Waals surface area (Å²) in [6.45, 7) is 6.91. The Morgan fingerprint density at radius 2 is 2.00 bits per heavy atom. The molecule has 2 heterocycles. The Bertz CT molecular complexity index is 517. The predicted octanol–water partition coefficient (Wildman–Crippen LogP) is 1.83. The summed E-state index contributed by atoms with van der Waals surface area (Å²) >= 11 is 0. The lowest BCUT2D eigenvalue weighted by Gasteiger charge is -2.11. The Labute approximate surface area is 113 Å². The molecule has 6 heteroatoms. The molecule has 6 nitrogen and oxygen atoms in total. The highest BCUT2D eigenvalue weighted by Gasteiger charge is 2.10. The van der Waals surface area contributed by atoms with Crippen LogP contribution in [0.25, 0.3) is 0 Å². The fourth-order valence-electron chi connectivity index (χ4n) is 1.85. The van der Waals surface area contributed by atoms with Gasteiger partial charge in [-0.15, -0.1) is 0 Å². The predicted molar refractivity (Wildman–Crippen MR) is 74.0 cm³/mol. The number of aliphatic hydroxyl groups is 1. The molecule has 2 aromatic rings. The number of aromatic nitrogens is 4. The van der Waals surface area contributed by atoms with Crippen molar-refractivity contribution in [2.75, 3.05) is 11.9 Å². The third kappa shape index (κ3) is 3.35. The van der Waals surface area contributed by atoms with Gasteiger partial charge >= 0.3 is 0 Å². The molecule has 0 bridgehead atoms. The standard InChI is InChI=1S/C13H21N5O/c1-10(2)18-8-12(6-15-18)11(3)16-13-7-14-17(9-13)4-5-19/h6-11,16,19H,4-5H2,1-3H3. The molecule has 1 atom stereocenters. The maximum atomic E-state index is 8.85. The van der Waals surface area contributed by atoms with Crippen LogP contribution < -0.4 is 5.32 Å². The minimum atomic E-state index is 0.0951. The molecular weight excluding hydrogens is 242 g/mol. The lowest BCUT2D eigenvalue weighted by atomic mass is 10.2. The van der Waals surface area contributed by atoms with Gasteiger partial charge in [0.05, 0.1) is 37.3 Å². The Morgan fingerprint density at radius 3 is 2.63 bits per heavy atom. The first-order valence-electron chi connectivity index (χ1n) is 6.54. The molecule has 0 aromatic carbocycles. The van der Waals surface area contributed by atoms with Gasteiger partial charge in [-0.05, 0) is 20.8 Å². The highest BCUT2D eigenvalue weighted by atomic mass is 16.3. The van der Waals surface area contributed by atoms with Crippen LogP contribution in [-0.4, -0.2) is 31.3 Å². The largest absolute Gasteiger partial charge is 0.394 e. The highest BCUT2D eigenvalue weighted by Crippen LogP contribution is 2.19. The molecule has 2 aromatic heterocycles. The van der Waals surface area contributed by atoms with Gasteiger partial charge in [-0.3, -0.25) is 9.36 Å². The molecule has 0 spiro atoms. The Morgan fingerprint density at radius 1 is 1.21 bits per heavy atom. The minimum absolute atomic E-state index is 0.0951. The number of hydrogen-bond donors (Lipinski definition) is 2. The lowest BCUT2D eigenvalue weighted by molar-refractivity contribution is 0.269. The van der Waals surface area contributed by atoms with Crippen LogP contribution in [0.1, 0.15) is 38.4 Å². The number of nitrogens with one attached hydrogen (secondary N) is 1. The van der Waals surface area contributed by atoms with E-state index in [1.54, 1.807) is 10.9 Å². The first kappa shape index (κ1) is 13.6. The van der Waals surface area contributed by atoms with Gasteiger partial charge < -0.3 is 10.4 Å². The van der Waals surface area contributed by atoms with Gasteiger partial charge in [0.2, 0.25) is 0 Å². The van der Waals surface area contributed by atoms with Gasteiger partial charge in [0.25, 0.3) is 0 Å². The van der Waals surface area contributed by atoms with E-state index >= 15 is 0 Å². The molecule has 0 radical (unpaired) electrons. The van der Waals surface area contributed by atoms with Crippen LogP contribution in [0.2, 0.25) is 0 Å². The zero-order valence-corrected chi connectivity index (χ0v) is 11.6. The monoisotopic (exact) mass is 263 g/mol. The van der Waals surface area contributed by atoms with Crippen LogP contribution >= 0.6 is 0 Å². The van der Waals surface area contributed by atoms with Crippen molar-refractivity contribution in [2.45, 2.75) is 39.4 Å². The Balaban J connectivity index is 2.00. The SMILES string of the molecule is CC(Nc1cnn(CCO)c1)c1cnn(C(C)C)c1. The Hall–Kier alpha value is -1.82. The average molecular weight is 263 g/mol. The van der Waals surface area contributed by atoms with Crippen LogP contribution in [0.3, 0.4) is 0 Å². The normalized spacial score (nSPS) is 12.9. The van der Waals surface area contributed by atoms with Gasteiger partial charge in [-0.25, -0.2) is 0 Å². The van der Waals surface area contributed by atoms with E-state index in [1.165, 1.54) is 0 Å². The van der Waals surface area contributed by atoms with Crippen molar-refractivity contribution in [1.82, 2.24) is 19.6 Å². The maximum Gasteiger partial charge on any atom is 0.0731 e. The maximum absolute atomic E-state index is 8.85. The quantitative estimate of drug-likeness (QED) is 0.834. The van der Waals surface area contributed by atoms with Crippen molar-refractivity contribution < 1.29 is 5.11 Å². The molecular formula is C13H21N5O. The summed E-state index contributed by atoms with van der Waals surface area (Å²) in [6.07, 6.45) is 7.59.